The van der Waals surface area contributed by atoms with Crippen LogP contribution in [0.25, 0.3) is 0 Å². The van der Waals surface area contributed by atoms with Gasteiger partial charge < -0.3 is 15.0 Å². The molecule has 0 aliphatic heterocycles. The van der Waals surface area contributed by atoms with Crippen LogP contribution < -0.4 is 14.4 Å². The van der Waals surface area contributed by atoms with Crippen molar-refractivity contribution in [3.63, 3.8) is 0 Å². The molecule has 35 heavy (non-hydrogen) atoms. The molecule has 8 nitrogen and oxygen atoms in total. The minimum atomic E-state index is -3.78. The number of ether oxygens (including phenoxy) is 1. The van der Waals surface area contributed by atoms with Gasteiger partial charge in [0.15, 0.2) is 0 Å². The molecule has 10 heteroatoms. The van der Waals surface area contributed by atoms with E-state index < -0.39 is 28.5 Å². The molecular weight excluding hydrogens is 534 g/mol. The third-order valence-corrected chi connectivity index (χ3v) is 7.47. The number of nitrogens with one attached hydrogen (secondary N) is 1. The quantitative estimate of drug-likeness (QED) is 0.444. The van der Waals surface area contributed by atoms with Crippen LogP contribution in [0.4, 0.5) is 5.69 Å². The number of benzene rings is 2. The highest BCUT2D eigenvalue weighted by Gasteiger charge is 2.32. The van der Waals surface area contributed by atoms with Crippen molar-refractivity contribution < 1.29 is 22.7 Å². The molecule has 1 atom stereocenters. The Labute approximate surface area is 216 Å². The number of sulfonamides is 1. The highest BCUT2D eigenvalue weighted by Crippen LogP contribution is 2.25. The highest BCUT2D eigenvalue weighted by molar-refractivity contribution is 9.10. The molecule has 2 amide bonds. The molecule has 192 valence electrons. The standard InChI is InChI=1S/C25H34BrN3O5S/c1-7-23(25(31)27-17(2)3)28(15-19-8-11-21(34-5)12-9-19)24(30)16-29(35(6,32)33)20-10-13-22(26)18(4)14-20/h8-14,17,23H,7,15-16H2,1-6H3,(H,27,31)/t23-/m0/s1. The fourth-order valence-electron chi connectivity index (χ4n) is 3.63. The summed E-state index contributed by atoms with van der Waals surface area (Å²) in [6.45, 7) is 7.08. The molecule has 2 rings (SSSR count). The van der Waals surface area contributed by atoms with Crippen molar-refractivity contribution >= 4 is 43.5 Å². The Bertz CT molecular complexity index is 1140. The second-order valence-electron chi connectivity index (χ2n) is 8.66. The number of aryl methyl sites for hydroxylation is 1. The van der Waals surface area contributed by atoms with E-state index in [1.165, 1.54) is 4.90 Å². The molecule has 0 saturated carbocycles. The average Bonchev–Trinajstić information content (AvgIpc) is 2.78. The number of rotatable bonds is 11. The van der Waals surface area contributed by atoms with Gasteiger partial charge >= 0.3 is 0 Å². The number of nitrogens with zero attached hydrogens (tertiary/aromatic N) is 2. The molecule has 0 spiro atoms. The van der Waals surface area contributed by atoms with Gasteiger partial charge in [-0.15, -0.1) is 0 Å². The SMILES string of the molecule is CC[C@@H](C(=O)NC(C)C)N(Cc1ccc(OC)cc1)C(=O)CN(c1ccc(Br)c(C)c1)S(C)(=O)=O. The Hall–Kier alpha value is -2.59. The van der Waals surface area contributed by atoms with Gasteiger partial charge in [0.2, 0.25) is 21.8 Å². The predicted molar refractivity (Wildman–Crippen MR) is 142 cm³/mol. The van der Waals surface area contributed by atoms with Crippen LogP contribution in [0.5, 0.6) is 5.75 Å². The normalized spacial score (nSPS) is 12.2. The lowest BCUT2D eigenvalue weighted by molar-refractivity contribution is -0.140. The smallest absolute Gasteiger partial charge is 0.244 e. The van der Waals surface area contributed by atoms with Crippen LogP contribution in [0.3, 0.4) is 0 Å². The molecule has 0 aromatic heterocycles. The van der Waals surface area contributed by atoms with Gasteiger partial charge in [-0.3, -0.25) is 13.9 Å². The van der Waals surface area contributed by atoms with Gasteiger partial charge in [-0.1, -0.05) is 35.0 Å². The van der Waals surface area contributed by atoms with E-state index >= 15 is 0 Å². The maximum atomic E-state index is 13.6. The lowest BCUT2D eigenvalue weighted by atomic mass is 10.1. The number of amides is 2. The number of anilines is 1. The lowest BCUT2D eigenvalue weighted by Gasteiger charge is -2.33. The molecular formula is C25H34BrN3O5S. The fourth-order valence-corrected chi connectivity index (χ4v) is 4.71. The zero-order chi connectivity index (χ0) is 26.3. The summed E-state index contributed by atoms with van der Waals surface area (Å²) in [5.41, 5.74) is 2.01. The Kier molecular flexibility index (Phi) is 10.1. The first-order chi connectivity index (χ1) is 16.4. The lowest BCUT2D eigenvalue weighted by Crippen LogP contribution is -2.53. The molecule has 0 heterocycles. The summed E-state index contributed by atoms with van der Waals surface area (Å²) in [6, 6.07) is 11.4. The fraction of sp³-hybridized carbons (Fsp3) is 0.440. The second kappa shape index (κ2) is 12.4. The summed E-state index contributed by atoms with van der Waals surface area (Å²) in [4.78, 5) is 28.1. The predicted octanol–water partition coefficient (Wildman–Crippen LogP) is 3.86. The van der Waals surface area contributed by atoms with E-state index in [9.17, 15) is 18.0 Å². The van der Waals surface area contributed by atoms with E-state index in [2.05, 4.69) is 21.2 Å². The monoisotopic (exact) mass is 567 g/mol. The summed E-state index contributed by atoms with van der Waals surface area (Å²) >= 11 is 3.42. The largest absolute Gasteiger partial charge is 0.497 e. The van der Waals surface area contributed by atoms with E-state index in [-0.39, 0.29) is 18.5 Å². The summed E-state index contributed by atoms with van der Waals surface area (Å²) in [5.74, 6) is -0.0857. The van der Waals surface area contributed by atoms with Crippen LogP contribution in [0.2, 0.25) is 0 Å². The van der Waals surface area contributed by atoms with E-state index in [1.54, 1.807) is 37.4 Å². The van der Waals surface area contributed by atoms with Crippen LogP contribution in [-0.4, -0.2) is 57.1 Å². The van der Waals surface area contributed by atoms with Gasteiger partial charge in [-0.05, 0) is 68.7 Å². The van der Waals surface area contributed by atoms with E-state index in [0.29, 0.717) is 17.9 Å². The van der Waals surface area contributed by atoms with Crippen LogP contribution in [0.1, 0.15) is 38.3 Å². The van der Waals surface area contributed by atoms with E-state index in [4.69, 9.17) is 4.74 Å². The molecule has 2 aromatic rings. The Morgan fingerprint density at radius 3 is 2.23 bits per heavy atom. The first kappa shape index (κ1) is 28.6. The van der Waals surface area contributed by atoms with Crippen molar-refractivity contribution in [2.24, 2.45) is 0 Å². The molecule has 0 fully saturated rings. The average molecular weight is 569 g/mol. The third kappa shape index (κ3) is 7.96. The number of carbonyl (C=O) groups excluding carboxylic acids is 2. The van der Waals surface area contributed by atoms with Gasteiger partial charge in [0.05, 0.1) is 19.1 Å². The van der Waals surface area contributed by atoms with Gasteiger partial charge in [0, 0.05) is 17.1 Å². The topological polar surface area (TPSA) is 96.0 Å². The zero-order valence-corrected chi connectivity index (χ0v) is 23.4. The van der Waals surface area contributed by atoms with Crippen LogP contribution >= 0.6 is 15.9 Å². The summed E-state index contributed by atoms with van der Waals surface area (Å²) in [7, 11) is -2.21. The van der Waals surface area contributed by atoms with Gasteiger partial charge in [-0.25, -0.2) is 8.42 Å². The first-order valence-electron chi connectivity index (χ1n) is 11.3. The van der Waals surface area contributed by atoms with Crippen LogP contribution in [0.15, 0.2) is 46.9 Å². The summed E-state index contributed by atoms with van der Waals surface area (Å²) in [6.07, 6.45) is 1.44. The highest BCUT2D eigenvalue weighted by atomic mass is 79.9. The van der Waals surface area contributed by atoms with Gasteiger partial charge in [0.1, 0.15) is 18.3 Å². The van der Waals surface area contributed by atoms with Gasteiger partial charge in [0.25, 0.3) is 0 Å². The second-order valence-corrected chi connectivity index (χ2v) is 11.4. The molecule has 2 aromatic carbocycles. The molecule has 0 saturated heterocycles. The van der Waals surface area contributed by atoms with E-state index in [1.807, 2.05) is 39.8 Å². The summed E-state index contributed by atoms with van der Waals surface area (Å²) < 4.78 is 32.5. The van der Waals surface area contributed by atoms with Crippen molar-refractivity contribution in [2.75, 3.05) is 24.2 Å². The number of carbonyl (C=O) groups is 2. The third-order valence-electron chi connectivity index (χ3n) is 5.44. The van der Waals surface area contributed by atoms with Crippen molar-refractivity contribution in [1.82, 2.24) is 10.2 Å². The summed E-state index contributed by atoms with van der Waals surface area (Å²) in [5, 5.41) is 2.87. The van der Waals surface area contributed by atoms with Crippen molar-refractivity contribution in [1.29, 1.82) is 0 Å². The minimum absolute atomic E-state index is 0.104. The minimum Gasteiger partial charge on any atom is -0.497 e. The maximum absolute atomic E-state index is 13.6. The Morgan fingerprint density at radius 1 is 1.11 bits per heavy atom. The van der Waals surface area contributed by atoms with Crippen LogP contribution in [-0.2, 0) is 26.2 Å². The maximum Gasteiger partial charge on any atom is 0.244 e. The number of hydrogen-bond acceptors (Lipinski definition) is 5. The van der Waals surface area contributed by atoms with E-state index in [0.717, 1.165) is 26.2 Å². The molecule has 0 bridgehead atoms. The number of hydrogen-bond donors (Lipinski definition) is 1. The first-order valence-corrected chi connectivity index (χ1v) is 14.0. The molecule has 0 radical (unpaired) electrons. The molecule has 0 unspecified atom stereocenters. The van der Waals surface area contributed by atoms with Crippen LogP contribution in [0, 0.1) is 6.92 Å². The molecule has 1 N–H and O–H groups in total. The van der Waals surface area contributed by atoms with Crippen molar-refractivity contribution in [2.45, 2.75) is 52.7 Å². The van der Waals surface area contributed by atoms with Crippen molar-refractivity contribution in [3.8, 4) is 5.75 Å². The molecule has 0 aliphatic carbocycles. The number of methoxy groups -OCH3 is 1. The zero-order valence-electron chi connectivity index (χ0n) is 21.0. The van der Waals surface area contributed by atoms with Crippen molar-refractivity contribution in [3.05, 3.63) is 58.1 Å². The number of halogens is 1. The Balaban J connectivity index is 2.45. The molecule has 0 aliphatic rings. The van der Waals surface area contributed by atoms with Gasteiger partial charge in [-0.2, -0.15) is 0 Å². The Morgan fingerprint density at radius 2 is 1.74 bits per heavy atom.